The largest absolute Gasteiger partial charge is 0.493 e. The molecule has 0 saturated carbocycles. The molecule has 0 unspecified atom stereocenters. The van der Waals surface area contributed by atoms with Gasteiger partial charge in [-0.2, -0.15) is 5.10 Å². The van der Waals surface area contributed by atoms with Crippen molar-refractivity contribution in [2.24, 2.45) is 5.10 Å². The van der Waals surface area contributed by atoms with E-state index in [9.17, 15) is 9.59 Å². The summed E-state index contributed by atoms with van der Waals surface area (Å²) in [6, 6.07) is 28.1. The number of benzene rings is 4. The molecule has 0 saturated heterocycles. The summed E-state index contributed by atoms with van der Waals surface area (Å²) in [4.78, 5) is 24.5. The third-order valence-corrected chi connectivity index (χ3v) is 5.05. The molecule has 0 bridgehead atoms. The maximum Gasteiger partial charge on any atom is 0.329 e. The van der Waals surface area contributed by atoms with E-state index in [4.69, 9.17) is 9.47 Å². The maximum atomic E-state index is 12.3. The minimum atomic E-state index is -0.876. The van der Waals surface area contributed by atoms with Crippen molar-refractivity contribution in [3.63, 3.8) is 0 Å². The van der Waals surface area contributed by atoms with Gasteiger partial charge in [0, 0.05) is 11.1 Å². The summed E-state index contributed by atoms with van der Waals surface area (Å²) in [7, 11) is 1.55. The van der Waals surface area contributed by atoms with Gasteiger partial charge in [-0.1, -0.05) is 66.7 Å². The molecule has 0 aliphatic carbocycles. The van der Waals surface area contributed by atoms with Crippen molar-refractivity contribution in [2.45, 2.75) is 6.61 Å². The third kappa shape index (κ3) is 5.58. The predicted molar refractivity (Wildman–Crippen MR) is 132 cm³/mol. The van der Waals surface area contributed by atoms with Crippen molar-refractivity contribution < 1.29 is 19.1 Å². The summed E-state index contributed by atoms with van der Waals surface area (Å²) >= 11 is 0. The number of rotatable bonds is 7. The maximum absolute atomic E-state index is 12.3. The number of hydrogen-bond donors (Lipinski definition) is 2. The topological polar surface area (TPSA) is 89.0 Å². The second kappa shape index (κ2) is 10.8. The van der Waals surface area contributed by atoms with Crippen molar-refractivity contribution in [1.82, 2.24) is 5.43 Å². The summed E-state index contributed by atoms with van der Waals surface area (Å²) in [6.45, 7) is 0.409. The quantitative estimate of drug-likeness (QED) is 0.245. The number of nitrogens with one attached hydrogen (secondary N) is 2. The average molecular weight is 453 g/mol. The van der Waals surface area contributed by atoms with Crippen LogP contribution in [0.5, 0.6) is 11.5 Å². The van der Waals surface area contributed by atoms with Crippen LogP contribution in [0.15, 0.2) is 96.1 Å². The Kier molecular flexibility index (Phi) is 7.15. The van der Waals surface area contributed by atoms with E-state index in [0.717, 1.165) is 16.3 Å². The van der Waals surface area contributed by atoms with Gasteiger partial charge in [-0.3, -0.25) is 9.59 Å². The normalized spacial score (nSPS) is 10.7. The summed E-state index contributed by atoms with van der Waals surface area (Å²) in [6.07, 6.45) is 1.42. The van der Waals surface area contributed by atoms with Gasteiger partial charge in [0.1, 0.15) is 6.61 Å². The highest BCUT2D eigenvalue weighted by atomic mass is 16.5. The molecule has 2 amide bonds. The van der Waals surface area contributed by atoms with E-state index in [2.05, 4.69) is 15.8 Å². The minimum Gasteiger partial charge on any atom is -0.493 e. The molecule has 4 aromatic rings. The lowest BCUT2D eigenvalue weighted by molar-refractivity contribution is -0.136. The van der Waals surface area contributed by atoms with E-state index in [-0.39, 0.29) is 0 Å². The number of carbonyl (C=O) groups is 2. The van der Waals surface area contributed by atoms with Gasteiger partial charge in [0.15, 0.2) is 11.5 Å². The Morgan fingerprint density at radius 2 is 1.62 bits per heavy atom. The van der Waals surface area contributed by atoms with Crippen molar-refractivity contribution in [2.75, 3.05) is 12.4 Å². The SMILES string of the molecule is COc1cc(/C=N\NC(=O)C(=O)Nc2cccc3ccccc23)ccc1OCc1ccccc1. The van der Waals surface area contributed by atoms with Crippen LogP contribution in [0.4, 0.5) is 5.69 Å². The zero-order chi connectivity index (χ0) is 23.8. The second-order valence-corrected chi connectivity index (χ2v) is 7.36. The van der Waals surface area contributed by atoms with Gasteiger partial charge in [0.05, 0.1) is 13.3 Å². The van der Waals surface area contributed by atoms with Crippen molar-refractivity contribution in [3.8, 4) is 11.5 Å². The minimum absolute atomic E-state index is 0.409. The fourth-order valence-corrected chi connectivity index (χ4v) is 3.35. The van der Waals surface area contributed by atoms with Gasteiger partial charge in [-0.25, -0.2) is 5.43 Å². The van der Waals surface area contributed by atoms with Gasteiger partial charge in [0.25, 0.3) is 0 Å². The van der Waals surface area contributed by atoms with Crippen LogP contribution >= 0.6 is 0 Å². The first kappa shape index (κ1) is 22.5. The Morgan fingerprint density at radius 3 is 2.44 bits per heavy atom. The van der Waals surface area contributed by atoms with Crippen LogP contribution in [0, 0.1) is 0 Å². The monoisotopic (exact) mass is 453 g/mol. The molecule has 7 nitrogen and oxygen atoms in total. The molecule has 4 aromatic carbocycles. The van der Waals surface area contributed by atoms with Crippen molar-refractivity contribution in [3.05, 3.63) is 102 Å². The molecule has 0 radical (unpaired) electrons. The first-order valence-electron chi connectivity index (χ1n) is 10.6. The van der Waals surface area contributed by atoms with E-state index >= 15 is 0 Å². The van der Waals surface area contributed by atoms with Crippen LogP contribution in [0.1, 0.15) is 11.1 Å². The van der Waals surface area contributed by atoms with E-state index < -0.39 is 11.8 Å². The fourth-order valence-electron chi connectivity index (χ4n) is 3.35. The van der Waals surface area contributed by atoms with E-state index in [1.807, 2.05) is 66.7 Å². The van der Waals surface area contributed by atoms with Crippen LogP contribution < -0.4 is 20.2 Å². The molecular weight excluding hydrogens is 430 g/mol. The Labute approximate surface area is 197 Å². The molecule has 0 aliphatic heterocycles. The first-order chi connectivity index (χ1) is 16.6. The molecule has 0 atom stereocenters. The number of fused-ring (bicyclic) bond motifs is 1. The Balaban J connectivity index is 1.35. The van der Waals surface area contributed by atoms with E-state index in [1.54, 1.807) is 31.4 Å². The summed E-state index contributed by atoms with van der Waals surface area (Å²) < 4.78 is 11.2. The van der Waals surface area contributed by atoms with E-state index in [1.165, 1.54) is 6.21 Å². The lowest BCUT2D eigenvalue weighted by Crippen LogP contribution is -2.32. The van der Waals surface area contributed by atoms with Crippen LogP contribution in [0.2, 0.25) is 0 Å². The smallest absolute Gasteiger partial charge is 0.329 e. The highest BCUT2D eigenvalue weighted by Crippen LogP contribution is 2.28. The number of methoxy groups -OCH3 is 1. The number of hydrogen-bond acceptors (Lipinski definition) is 5. The Bertz CT molecular complexity index is 1330. The van der Waals surface area contributed by atoms with Gasteiger partial charge in [-0.05, 0) is 40.8 Å². The lowest BCUT2D eigenvalue weighted by atomic mass is 10.1. The van der Waals surface area contributed by atoms with E-state index in [0.29, 0.717) is 29.4 Å². The number of amides is 2. The highest BCUT2D eigenvalue weighted by Gasteiger charge is 2.14. The fraction of sp³-hybridized carbons (Fsp3) is 0.0741. The van der Waals surface area contributed by atoms with Crippen LogP contribution in [-0.4, -0.2) is 25.1 Å². The van der Waals surface area contributed by atoms with Gasteiger partial charge < -0.3 is 14.8 Å². The predicted octanol–water partition coefficient (Wildman–Crippen LogP) is 4.52. The zero-order valence-corrected chi connectivity index (χ0v) is 18.5. The standard InChI is InChI=1S/C27H23N3O4/c1-33-25-16-20(14-15-24(25)34-18-19-8-3-2-4-9-19)17-28-30-27(32)26(31)29-23-13-7-11-21-10-5-6-12-22(21)23/h2-17H,18H2,1H3,(H,29,31)(H,30,32)/b28-17-. The molecule has 0 spiro atoms. The average Bonchev–Trinajstić information content (AvgIpc) is 2.88. The highest BCUT2D eigenvalue weighted by molar-refractivity contribution is 6.40. The molecule has 4 rings (SSSR count). The molecule has 0 fully saturated rings. The first-order valence-corrected chi connectivity index (χ1v) is 10.6. The molecule has 0 heterocycles. The number of carbonyl (C=O) groups excluding carboxylic acids is 2. The van der Waals surface area contributed by atoms with Gasteiger partial charge in [0.2, 0.25) is 0 Å². The van der Waals surface area contributed by atoms with Crippen LogP contribution in [0.25, 0.3) is 10.8 Å². The summed E-state index contributed by atoms with van der Waals surface area (Å²) in [5, 5.41) is 8.31. The number of anilines is 1. The zero-order valence-electron chi connectivity index (χ0n) is 18.5. The van der Waals surface area contributed by atoms with Gasteiger partial charge >= 0.3 is 11.8 Å². The van der Waals surface area contributed by atoms with Crippen LogP contribution in [-0.2, 0) is 16.2 Å². The second-order valence-electron chi connectivity index (χ2n) is 7.36. The molecule has 170 valence electrons. The van der Waals surface area contributed by atoms with Crippen molar-refractivity contribution in [1.29, 1.82) is 0 Å². The number of ether oxygens (including phenoxy) is 2. The number of hydrazone groups is 1. The molecule has 0 aromatic heterocycles. The molecule has 7 heteroatoms. The van der Waals surface area contributed by atoms with Crippen LogP contribution in [0.3, 0.4) is 0 Å². The Hall–Kier alpha value is -4.65. The Morgan fingerprint density at radius 1 is 0.853 bits per heavy atom. The lowest BCUT2D eigenvalue weighted by Gasteiger charge is -2.11. The number of nitrogens with zero attached hydrogens (tertiary/aromatic N) is 1. The molecule has 2 N–H and O–H groups in total. The molecule has 0 aliphatic rings. The molecule has 34 heavy (non-hydrogen) atoms. The molecular formula is C27H23N3O4. The summed E-state index contributed by atoms with van der Waals surface area (Å²) in [5.74, 6) is -0.573. The summed E-state index contributed by atoms with van der Waals surface area (Å²) in [5.41, 5.74) is 4.50. The van der Waals surface area contributed by atoms with Gasteiger partial charge in [-0.15, -0.1) is 0 Å². The third-order valence-electron chi connectivity index (χ3n) is 5.05. The van der Waals surface area contributed by atoms with Crippen molar-refractivity contribution >= 4 is 34.5 Å².